The van der Waals surface area contributed by atoms with Crippen LogP contribution in [0.1, 0.15) is 64.9 Å². The fourth-order valence-corrected chi connectivity index (χ4v) is 18.3. The van der Waals surface area contributed by atoms with Crippen LogP contribution < -0.4 is 0 Å². The number of benzene rings is 1. The SMILES string of the molecule is C=CCN(CC#[C][Sn]([CH2]CCC)([CH2]CCC)[CH2]CCC)S(=O)(=O)c1ccc(C)cc1. The van der Waals surface area contributed by atoms with Gasteiger partial charge in [-0.05, 0) is 0 Å². The molecular weight excluding hydrogens is 497 g/mol. The first-order valence-corrected chi connectivity index (χ1v) is 20.4. The van der Waals surface area contributed by atoms with E-state index >= 15 is 0 Å². The van der Waals surface area contributed by atoms with Crippen molar-refractivity contribution in [2.24, 2.45) is 0 Å². The Kier molecular flexibility index (Phi) is 13.0. The Hall–Kier alpha value is -0.771. The summed E-state index contributed by atoms with van der Waals surface area (Å²) < 4.78 is 35.4. The van der Waals surface area contributed by atoms with Crippen LogP contribution in [0.2, 0.25) is 13.3 Å². The Morgan fingerprint density at radius 1 is 0.967 bits per heavy atom. The molecule has 0 aliphatic rings. The number of unbranched alkanes of at least 4 members (excludes halogenated alkanes) is 3. The van der Waals surface area contributed by atoms with Crippen molar-refractivity contribution in [3.05, 3.63) is 42.5 Å². The quantitative estimate of drug-likeness (QED) is 0.153. The molecule has 0 saturated heterocycles. The van der Waals surface area contributed by atoms with Gasteiger partial charge in [0.05, 0.1) is 0 Å². The normalized spacial score (nSPS) is 11.9. The minimum absolute atomic E-state index is 0.255. The number of sulfonamides is 1. The molecule has 0 amide bonds. The third-order valence-electron chi connectivity index (χ3n) is 5.63. The van der Waals surface area contributed by atoms with E-state index < -0.39 is 28.4 Å². The number of aryl methyl sites for hydroxylation is 1. The molecule has 0 aliphatic carbocycles. The van der Waals surface area contributed by atoms with Gasteiger partial charge in [-0.2, -0.15) is 0 Å². The van der Waals surface area contributed by atoms with Crippen LogP contribution in [-0.4, -0.2) is 44.2 Å². The van der Waals surface area contributed by atoms with Gasteiger partial charge in [0.1, 0.15) is 0 Å². The average molecular weight is 538 g/mol. The maximum atomic E-state index is 13.1. The van der Waals surface area contributed by atoms with Crippen molar-refractivity contribution in [1.82, 2.24) is 4.31 Å². The van der Waals surface area contributed by atoms with Crippen LogP contribution in [0, 0.1) is 16.8 Å². The molecule has 1 aromatic carbocycles. The molecule has 0 radical (unpaired) electrons. The van der Waals surface area contributed by atoms with Crippen LogP contribution in [0.25, 0.3) is 0 Å². The molecule has 0 aliphatic heterocycles. The monoisotopic (exact) mass is 539 g/mol. The second kappa shape index (κ2) is 14.3. The van der Waals surface area contributed by atoms with Gasteiger partial charge in [0.15, 0.2) is 0 Å². The van der Waals surface area contributed by atoms with Crippen molar-refractivity contribution in [3.63, 3.8) is 0 Å². The van der Waals surface area contributed by atoms with Crippen molar-refractivity contribution in [2.45, 2.75) is 84.4 Å². The summed E-state index contributed by atoms with van der Waals surface area (Å²) in [6.07, 6.45) is 9.06. The predicted molar refractivity (Wildman–Crippen MR) is 133 cm³/mol. The van der Waals surface area contributed by atoms with Crippen LogP contribution >= 0.6 is 0 Å². The minimum atomic E-state index is -3.57. The molecule has 0 bridgehead atoms. The second-order valence-corrected chi connectivity index (χ2v) is 22.5. The van der Waals surface area contributed by atoms with Gasteiger partial charge in [0, 0.05) is 0 Å². The first kappa shape index (κ1) is 27.3. The Labute approximate surface area is 190 Å². The topological polar surface area (TPSA) is 37.4 Å². The predicted octanol–water partition coefficient (Wildman–Crippen LogP) is 6.56. The summed E-state index contributed by atoms with van der Waals surface area (Å²) in [5.41, 5.74) is 1.05. The van der Waals surface area contributed by atoms with Crippen LogP contribution in [0.3, 0.4) is 0 Å². The van der Waals surface area contributed by atoms with Gasteiger partial charge < -0.3 is 0 Å². The first-order chi connectivity index (χ1) is 14.3. The standard InChI is InChI=1S/C13H14NO2S.3C4H9.Sn/c1-4-10-14(11-5-2)17(15,16)13-8-6-12(3)7-9-13;3*1-3-4-2;/h4,6-9H,1,10-11H2,3H3;3*1,3-4H2,2H3;. The zero-order chi connectivity index (χ0) is 22.5. The van der Waals surface area contributed by atoms with Crippen molar-refractivity contribution < 1.29 is 8.42 Å². The van der Waals surface area contributed by atoms with Crippen molar-refractivity contribution in [2.75, 3.05) is 13.1 Å². The van der Waals surface area contributed by atoms with Gasteiger partial charge in [-0.15, -0.1) is 0 Å². The molecule has 1 rings (SSSR count). The molecule has 0 heterocycles. The van der Waals surface area contributed by atoms with E-state index in [1.807, 2.05) is 19.1 Å². The molecule has 0 unspecified atom stereocenters. The molecule has 1 aromatic rings. The van der Waals surface area contributed by atoms with Crippen LogP contribution in [0.15, 0.2) is 41.8 Å². The third kappa shape index (κ3) is 8.77. The van der Waals surface area contributed by atoms with E-state index in [9.17, 15) is 8.42 Å². The van der Waals surface area contributed by atoms with Crippen molar-refractivity contribution in [1.29, 1.82) is 0 Å². The molecule has 0 N–H and O–H groups in total. The summed E-state index contributed by atoms with van der Waals surface area (Å²) in [5.74, 6) is 3.37. The number of nitrogens with zero attached hydrogens (tertiary/aromatic N) is 1. The molecular formula is C25H41NO2SSn. The Morgan fingerprint density at radius 3 is 1.90 bits per heavy atom. The molecule has 30 heavy (non-hydrogen) atoms. The second-order valence-electron chi connectivity index (χ2n) is 8.29. The van der Waals surface area contributed by atoms with Crippen molar-refractivity contribution >= 4 is 28.4 Å². The molecule has 3 nitrogen and oxygen atoms in total. The zero-order valence-electron chi connectivity index (χ0n) is 19.5. The van der Waals surface area contributed by atoms with Gasteiger partial charge >= 0.3 is 191 Å². The zero-order valence-corrected chi connectivity index (χ0v) is 23.2. The Morgan fingerprint density at radius 2 is 1.47 bits per heavy atom. The van der Waals surface area contributed by atoms with Crippen LogP contribution in [0.5, 0.6) is 0 Å². The van der Waals surface area contributed by atoms with E-state index in [4.69, 9.17) is 0 Å². The summed E-state index contributed by atoms with van der Waals surface area (Å²) in [5, 5.41) is 0. The summed E-state index contributed by atoms with van der Waals surface area (Å²) >= 11 is -2.58. The van der Waals surface area contributed by atoms with Crippen LogP contribution in [0.4, 0.5) is 0 Å². The number of rotatable bonds is 14. The van der Waals surface area contributed by atoms with Gasteiger partial charge in [0.25, 0.3) is 0 Å². The van der Waals surface area contributed by atoms with Gasteiger partial charge in [-0.1, -0.05) is 0 Å². The van der Waals surface area contributed by atoms with E-state index in [2.05, 4.69) is 37.2 Å². The van der Waals surface area contributed by atoms with Crippen LogP contribution in [-0.2, 0) is 10.0 Å². The Bertz CT molecular complexity index is 769. The van der Waals surface area contributed by atoms with E-state index in [1.54, 1.807) is 18.2 Å². The number of hydrogen-bond acceptors (Lipinski definition) is 2. The fraction of sp³-hybridized carbons (Fsp3) is 0.600. The van der Waals surface area contributed by atoms with Gasteiger partial charge in [-0.3, -0.25) is 0 Å². The van der Waals surface area contributed by atoms with E-state index in [-0.39, 0.29) is 13.1 Å². The molecule has 0 spiro atoms. The molecule has 168 valence electrons. The van der Waals surface area contributed by atoms with E-state index in [1.165, 1.54) is 56.1 Å². The molecule has 0 saturated carbocycles. The molecule has 0 fully saturated rings. The average Bonchev–Trinajstić information content (AvgIpc) is 2.74. The van der Waals surface area contributed by atoms with Gasteiger partial charge in [0.2, 0.25) is 0 Å². The van der Waals surface area contributed by atoms with E-state index in [0.29, 0.717) is 4.90 Å². The molecule has 0 aromatic heterocycles. The summed E-state index contributed by atoms with van der Waals surface area (Å²) in [7, 11) is -3.57. The Balaban J connectivity index is 3.14. The summed E-state index contributed by atoms with van der Waals surface area (Å²) in [6.45, 7) is 13.0. The molecule has 5 heteroatoms. The molecule has 0 atom stereocenters. The summed E-state index contributed by atoms with van der Waals surface area (Å²) in [6, 6.07) is 7.04. The first-order valence-electron chi connectivity index (χ1n) is 11.5. The van der Waals surface area contributed by atoms with Crippen molar-refractivity contribution in [3.8, 4) is 9.86 Å². The summed E-state index contributed by atoms with van der Waals surface area (Å²) in [4.78, 5) is 0.328. The van der Waals surface area contributed by atoms with Gasteiger partial charge in [-0.25, -0.2) is 0 Å². The maximum absolute atomic E-state index is 13.1. The fourth-order valence-electron chi connectivity index (χ4n) is 3.67. The third-order valence-corrected chi connectivity index (χ3v) is 20.7. The number of hydrogen-bond donors (Lipinski definition) is 0. The van der Waals surface area contributed by atoms with E-state index in [0.717, 1.165) is 5.56 Å².